The fourth-order valence-corrected chi connectivity index (χ4v) is 3.29. The van der Waals surface area contributed by atoms with E-state index in [0.717, 1.165) is 42.8 Å². The first kappa shape index (κ1) is 15.7. The molecular weight excluding hydrogens is 312 g/mol. The molecule has 1 amide bonds. The van der Waals surface area contributed by atoms with Crippen LogP contribution in [0.15, 0.2) is 54.7 Å². The number of carbonyl (C=O) groups is 1. The van der Waals surface area contributed by atoms with E-state index < -0.39 is 0 Å². The monoisotopic (exact) mass is 334 g/mol. The van der Waals surface area contributed by atoms with Gasteiger partial charge in [0.05, 0.1) is 11.1 Å². The Hall–Kier alpha value is -2.79. The van der Waals surface area contributed by atoms with E-state index in [0.29, 0.717) is 5.56 Å². The van der Waals surface area contributed by atoms with Crippen molar-refractivity contribution in [3.63, 3.8) is 0 Å². The van der Waals surface area contributed by atoms with Crippen LogP contribution < -0.4 is 10.2 Å². The number of aromatic amines is 1. The number of hydrogen-bond donors (Lipinski definition) is 2. The number of fused-ring (bicyclic) bond motifs is 1. The number of benzene rings is 2. The summed E-state index contributed by atoms with van der Waals surface area (Å²) in [4.78, 5) is 20.5. The number of aromatic nitrogens is 1. The Balaban J connectivity index is 1.47. The lowest BCUT2D eigenvalue weighted by molar-refractivity contribution is 0.102. The molecule has 128 valence electrons. The molecule has 0 spiro atoms. The number of amides is 1. The highest BCUT2D eigenvalue weighted by Gasteiger charge is 2.15. The predicted molar refractivity (Wildman–Crippen MR) is 102 cm³/mol. The van der Waals surface area contributed by atoms with Gasteiger partial charge < -0.3 is 20.1 Å². The van der Waals surface area contributed by atoms with Gasteiger partial charge in [-0.25, -0.2) is 0 Å². The minimum atomic E-state index is -0.0969. The van der Waals surface area contributed by atoms with Crippen LogP contribution in [0, 0.1) is 0 Å². The number of likely N-dealkylation sites (N-methyl/N-ethyl adjacent to an activating group) is 1. The topological polar surface area (TPSA) is 51.4 Å². The van der Waals surface area contributed by atoms with Crippen molar-refractivity contribution in [2.24, 2.45) is 0 Å². The van der Waals surface area contributed by atoms with Crippen LogP contribution in [0.25, 0.3) is 10.9 Å². The first-order valence-electron chi connectivity index (χ1n) is 8.62. The summed E-state index contributed by atoms with van der Waals surface area (Å²) < 4.78 is 0. The van der Waals surface area contributed by atoms with Gasteiger partial charge in [-0.3, -0.25) is 4.79 Å². The van der Waals surface area contributed by atoms with Crippen molar-refractivity contribution in [3.05, 3.63) is 60.3 Å². The van der Waals surface area contributed by atoms with Gasteiger partial charge in [-0.2, -0.15) is 0 Å². The highest BCUT2D eigenvalue weighted by Crippen LogP contribution is 2.21. The van der Waals surface area contributed by atoms with Crippen molar-refractivity contribution in [2.75, 3.05) is 43.4 Å². The Morgan fingerprint density at radius 2 is 1.76 bits per heavy atom. The summed E-state index contributed by atoms with van der Waals surface area (Å²) in [6.07, 6.45) is 1.85. The summed E-state index contributed by atoms with van der Waals surface area (Å²) >= 11 is 0. The second-order valence-electron chi connectivity index (χ2n) is 6.54. The van der Waals surface area contributed by atoms with Crippen molar-refractivity contribution < 1.29 is 4.79 Å². The van der Waals surface area contributed by atoms with Crippen molar-refractivity contribution in [1.29, 1.82) is 0 Å². The van der Waals surface area contributed by atoms with Crippen molar-refractivity contribution in [1.82, 2.24) is 9.88 Å². The lowest BCUT2D eigenvalue weighted by atomic mass is 10.1. The molecule has 1 aliphatic rings. The molecule has 2 aromatic carbocycles. The molecule has 1 aliphatic heterocycles. The highest BCUT2D eigenvalue weighted by molar-refractivity contribution is 6.12. The van der Waals surface area contributed by atoms with Crippen molar-refractivity contribution in [2.45, 2.75) is 0 Å². The van der Waals surface area contributed by atoms with E-state index in [2.05, 4.69) is 39.3 Å². The van der Waals surface area contributed by atoms with Gasteiger partial charge in [-0.05, 0) is 43.4 Å². The normalized spacial score (nSPS) is 15.5. The third-order valence-corrected chi connectivity index (χ3v) is 4.83. The largest absolute Gasteiger partial charge is 0.369 e. The summed E-state index contributed by atoms with van der Waals surface area (Å²) in [5, 5.41) is 4.03. The van der Waals surface area contributed by atoms with Crippen LogP contribution in [-0.4, -0.2) is 49.0 Å². The second-order valence-corrected chi connectivity index (χ2v) is 6.54. The van der Waals surface area contributed by atoms with E-state index in [9.17, 15) is 4.79 Å². The molecule has 0 aliphatic carbocycles. The Kier molecular flexibility index (Phi) is 4.15. The molecule has 1 aromatic heterocycles. The molecule has 0 radical (unpaired) electrons. The van der Waals surface area contributed by atoms with Crippen LogP contribution in [-0.2, 0) is 0 Å². The molecule has 0 bridgehead atoms. The number of rotatable bonds is 3. The highest BCUT2D eigenvalue weighted by atomic mass is 16.1. The minimum Gasteiger partial charge on any atom is -0.369 e. The molecule has 4 rings (SSSR count). The van der Waals surface area contributed by atoms with Crippen LogP contribution >= 0.6 is 0 Å². The second kappa shape index (κ2) is 6.61. The zero-order valence-corrected chi connectivity index (χ0v) is 14.3. The number of para-hydroxylation sites is 1. The van der Waals surface area contributed by atoms with E-state index in [1.807, 2.05) is 42.6 Å². The molecule has 0 saturated carbocycles. The van der Waals surface area contributed by atoms with Crippen molar-refractivity contribution in [3.8, 4) is 0 Å². The van der Waals surface area contributed by atoms with E-state index in [1.165, 1.54) is 5.69 Å². The smallest absolute Gasteiger partial charge is 0.257 e. The van der Waals surface area contributed by atoms with E-state index in [4.69, 9.17) is 0 Å². The first-order chi connectivity index (χ1) is 12.2. The maximum atomic E-state index is 12.6. The lowest BCUT2D eigenvalue weighted by Gasteiger charge is -2.34. The zero-order chi connectivity index (χ0) is 17.2. The Morgan fingerprint density at radius 3 is 2.52 bits per heavy atom. The molecule has 0 atom stereocenters. The van der Waals surface area contributed by atoms with E-state index >= 15 is 0 Å². The maximum Gasteiger partial charge on any atom is 0.257 e. The SMILES string of the molecule is CN1CCN(c2ccc(NC(=O)c3cccc4cc[nH]c34)cc2)CC1. The summed E-state index contributed by atoms with van der Waals surface area (Å²) in [6.45, 7) is 4.24. The molecule has 5 heteroatoms. The summed E-state index contributed by atoms with van der Waals surface area (Å²) in [5.41, 5.74) is 3.55. The van der Waals surface area contributed by atoms with Crippen LogP contribution in [0.1, 0.15) is 10.4 Å². The Morgan fingerprint density at radius 1 is 1.00 bits per heavy atom. The number of nitrogens with zero attached hydrogens (tertiary/aromatic N) is 2. The molecule has 1 saturated heterocycles. The van der Waals surface area contributed by atoms with Gasteiger partial charge in [0, 0.05) is 49.1 Å². The van der Waals surface area contributed by atoms with Gasteiger partial charge in [0.2, 0.25) is 0 Å². The summed E-state index contributed by atoms with van der Waals surface area (Å²) in [7, 11) is 2.15. The van der Waals surface area contributed by atoms with Gasteiger partial charge in [-0.15, -0.1) is 0 Å². The van der Waals surface area contributed by atoms with Gasteiger partial charge >= 0.3 is 0 Å². The number of nitrogens with one attached hydrogen (secondary N) is 2. The Bertz CT molecular complexity index is 876. The third kappa shape index (κ3) is 3.23. The predicted octanol–water partition coefficient (Wildman–Crippen LogP) is 3.17. The Labute approximate surface area is 147 Å². The lowest BCUT2D eigenvalue weighted by Crippen LogP contribution is -2.44. The van der Waals surface area contributed by atoms with Crippen LogP contribution in [0.2, 0.25) is 0 Å². The molecule has 25 heavy (non-hydrogen) atoms. The zero-order valence-electron chi connectivity index (χ0n) is 14.3. The van der Waals surface area contributed by atoms with Gasteiger partial charge in [0.25, 0.3) is 5.91 Å². The first-order valence-corrected chi connectivity index (χ1v) is 8.62. The average molecular weight is 334 g/mol. The number of piperazine rings is 1. The van der Waals surface area contributed by atoms with Crippen LogP contribution in [0.5, 0.6) is 0 Å². The maximum absolute atomic E-state index is 12.6. The fourth-order valence-electron chi connectivity index (χ4n) is 3.29. The molecule has 2 heterocycles. The molecule has 3 aromatic rings. The number of H-pyrrole nitrogens is 1. The molecule has 2 N–H and O–H groups in total. The minimum absolute atomic E-state index is 0.0969. The quantitative estimate of drug-likeness (QED) is 0.773. The number of hydrogen-bond acceptors (Lipinski definition) is 3. The summed E-state index contributed by atoms with van der Waals surface area (Å²) in [5.74, 6) is -0.0969. The van der Waals surface area contributed by atoms with E-state index in [-0.39, 0.29) is 5.91 Å². The fraction of sp³-hybridized carbons (Fsp3) is 0.250. The molecule has 0 unspecified atom stereocenters. The van der Waals surface area contributed by atoms with Crippen molar-refractivity contribution >= 4 is 28.2 Å². The van der Waals surface area contributed by atoms with E-state index in [1.54, 1.807) is 0 Å². The standard InChI is InChI=1S/C20H22N4O/c1-23-11-13-24(14-12-23)17-7-5-16(6-8-17)22-20(25)18-4-2-3-15-9-10-21-19(15)18/h2-10,21H,11-14H2,1H3,(H,22,25). The molecule has 5 nitrogen and oxygen atoms in total. The third-order valence-electron chi connectivity index (χ3n) is 4.83. The van der Waals surface area contributed by atoms with Crippen LogP contribution in [0.3, 0.4) is 0 Å². The van der Waals surface area contributed by atoms with Gasteiger partial charge in [0.1, 0.15) is 0 Å². The number of anilines is 2. The molecular formula is C20H22N4O. The average Bonchev–Trinajstić information content (AvgIpc) is 3.12. The number of carbonyl (C=O) groups excluding carboxylic acids is 1. The summed E-state index contributed by atoms with van der Waals surface area (Å²) in [6, 6.07) is 15.8. The van der Waals surface area contributed by atoms with Crippen LogP contribution in [0.4, 0.5) is 11.4 Å². The van der Waals surface area contributed by atoms with Gasteiger partial charge in [0.15, 0.2) is 0 Å². The van der Waals surface area contributed by atoms with Gasteiger partial charge in [-0.1, -0.05) is 12.1 Å². The molecule has 1 fully saturated rings.